The van der Waals surface area contributed by atoms with Crippen LogP contribution in [0, 0.1) is 0 Å². The average Bonchev–Trinajstić information content (AvgIpc) is 3.06. The molecule has 0 radical (unpaired) electrons. The van der Waals surface area contributed by atoms with E-state index in [1.165, 1.54) is 17.0 Å². The highest BCUT2D eigenvalue weighted by Crippen LogP contribution is 2.23. The topological polar surface area (TPSA) is 36.4 Å². The van der Waals surface area contributed by atoms with Crippen LogP contribution in [-0.2, 0) is 0 Å². The Morgan fingerprint density at radius 1 is 0.913 bits per heavy atom. The van der Waals surface area contributed by atoms with Gasteiger partial charge in [0.2, 0.25) is 0 Å². The second-order valence-electron chi connectivity index (χ2n) is 5.60. The van der Waals surface area contributed by atoms with E-state index in [4.69, 9.17) is 0 Å². The van der Waals surface area contributed by atoms with Gasteiger partial charge in [0.25, 0.3) is 5.91 Å². The molecule has 116 valence electrons. The van der Waals surface area contributed by atoms with Gasteiger partial charge >= 0.3 is 0 Å². The Hall–Kier alpha value is -2.40. The number of carbonyl (C=O) groups is 1. The second-order valence-corrected chi connectivity index (χ2v) is 6.63. The van der Waals surface area contributed by atoms with Crippen molar-refractivity contribution in [3.63, 3.8) is 0 Å². The fourth-order valence-electron chi connectivity index (χ4n) is 2.91. The van der Waals surface area contributed by atoms with Crippen molar-refractivity contribution in [2.45, 2.75) is 0 Å². The van der Waals surface area contributed by atoms with Crippen LogP contribution in [0.2, 0.25) is 0 Å². The zero-order valence-corrected chi connectivity index (χ0v) is 13.5. The van der Waals surface area contributed by atoms with Gasteiger partial charge in [0.1, 0.15) is 0 Å². The molecule has 4 rings (SSSR count). The molecule has 5 heteroatoms. The Morgan fingerprint density at radius 3 is 2.35 bits per heavy atom. The highest BCUT2D eigenvalue weighted by molar-refractivity contribution is 7.20. The van der Waals surface area contributed by atoms with Crippen LogP contribution in [0.5, 0.6) is 0 Å². The van der Waals surface area contributed by atoms with Crippen LogP contribution in [0.1, 0.15) is 9.80 Å². The molecule has 0 saturated carbocycles. The van der Waals surface area contributed by atoms with Crippen molar-refractivity contribution in [3.05, 3.63) is 59.6 Å². The monoisotopic (exact) mass is 323 g/mol. The molecule has 2 aromatic carbocycles. The third kappa shape index (κ3) is 2.80. The summed E-state index contributed by atoms with van der Waals surface area (Å²) in [6, 6.07) is 18.3. The summed E-state index contributed by atoms with van der Waals surface area (Å²) in [4.78, 5) is 21.4. The number of hydrogen-bond acceptors (Lipinski definition) is 4. The summed E-state index contributed by atoms with van der Waals surface area (Å²) >= 11 is 1.48. The molecule has 0 unspecified atom stereocenters. The lowest BCUT2D eigenvalue weighted by Gasteiger charge is -2.35. The van der Waals surface area contributed by atoms with Crippen LogP contribution >= 0.6 is 11.3 Å². The molecule has 0 atom stereocenters. The Labute approximate surface area is 139 Å². The van der Waals surface area contributed by atoms with Gasteiger partial charge in [-0.2, -0.15) is 0 Å². The van der Waals surface area contributed by atoms with Crippen molar-refractivity contribution in [3.8, 4) is 0 Å². The number of aromatic nitrogens is 1. The number of para-hydroxylation sites is 2. The van der Waals surface area contributed by atoms with Crippen molar-refractivity contribution in [1.82, 2.24) is 9.88 Å². The van der Waals surface area contributed by atoms with Crippen molar-refractivity contribution in [1.29, 1.82) is 0 Å². The second kappa shape index (κ2) is 6.01. The average molecular weight is 323 g/mol. The SMILES string of the molecule is O=C(c1nc2ccccc2s1)N1CCN(c2ccccc2)CC1. The first kappa shape index (κ1) is 14.2. The number of amides is 1. The fraction of sp³-hybridized carbons (Fsp3) is 0.222. The van der Waals surface area contributed by atoms with Gasteiger partial charge in [0.05, 0.1) is 10.2 Å². The van der Waals surface area contributed by atoms with E-state index in [2.05, 4.69) is 22.0 Å². The zero-order chi connectivity index (χ0) is 15.6. The first-order chi connectivity index (χ1) is 11.3. The third-order valence-corrected chi connectivity index (χ3v) is 5.19. The summed E-state index contributed by atoms with van der Waals surface area (Å²) in [5.74, 6) is 0.0545. The van der Waals surface area contributed by atoms with E-state index in [0.29, 0.717) is 5.01 Å². The summed E-state index contributed by atoms with van der Waals surface area (Å²) in [7, 11) is 0. The molecule has 0 N–H and O–H groups in total. The molecule has 3 aromatic rings. The van der Waals surface area contributed by atoms with Gasteiger partial charge in [-0.25, -0.2) is 4.98 Å². The summed E-state index contributed by atoms with van der Waals surface area (Å²) in [6.07, 6.45) is 0. The molecule has 0 aliphatic carbocycles. The van der Waals surface area contributed by atoms with Gasteiger partial charge < -0.3 is 9.80 Å². The lowest BCUT2D eigenvalue weighted by atomic mass is 10.2. The van der Waals surface area contributed by atoms with Gasteiger partial charge in [-0.05, 0) is 24.3 Å². The number of carbonyl (C=O) groups excluding carboxylic acids is 1. The molecule has 1 aliphatic rings. The van der Waals surface area contributed by atoms with E-state index in [1.54, 1.807) is 0 Å². The van der Waals surface area contributed by atoms with Crippen LogP contribution in [0.3, 0.4) is 0 Å². The molecule has 4 nitrogen and oxygen atoms in total. The highest BCUT2D eigenvalue weighted by atomic mass is 32.1. The number of thiazole rings is 1. The molecule has 23 heavy (non-hydrogen) atoms. The van der Waals surface area contributed by atoms with Gasteiger partial charge in [0, 0.05) is 31.9 Å². The number of benzene rings is 2. The molecule has 1 saturated heterocycles. The lowest BCUT2D eigenvalue weighted by molar-refractivity contribution is 0.0746. The predicted octanol–water partition coefficient (Wildman–Crippen LogP) is 3.26. The quantitative estimate of drug-likeness (QED) is 0.726. The fourth-order valence-corrected chi connectivity index (χ4v) is 3.84. The first-order valence-electron chi connectivity index (χ1n) is 7.76. The van der Waals surface area contributed by atoms with E-state index in [0.717, 1.165) is 36.4 Å². The molecular weight excluding hydrogens is 306 g/mol. The molecule has 1 aliphatic heterocycles. The van der Waals surface area contributed by atoms with Crippen LogP contribution in [-0.4, -0.2) is 42.0 Å². The van der Waals surface area contributed by atoms with Gasteiger partial charge in [-0.1, -0.05) is 30.3 Å². The number of rotatable bonds is 2. The highest BCUT2D eigenvalue weighted by Gasteiger charge is 2.24. The van der Waals surface area contributed by atoms with Crippen LogP contribution in [0.25, 0.3) is 10.2 Å². The molecule has 2 heterocycles. The van der Waals surface area contributed by atoms with Crippen LogP contribution in [0.4, 0.5) is 5.69 Å². The maximum atomic E-state index is 12.7. The van der Waals surface area contributed by atoms with E-state index in [9.17, 15) is 4.79 Å². The van der Waals surface area contributed by atoms with E-state index < -0.39 is 0 Å². The molecular formula is C18H17N3OS. The molecule has 1 amide bonds. The van der Waals surface area contributed by atoms with Gasteiger partial charge in [-0.3, -0.25) is 4.79 Å². The van der Waals surface area contributed by atoms with Crippen LogP contribution < -0.4 is 4.90 Å². The van der Waals surface area contributed by atoms with Crippen molar-refractivity contribution in [2.75, 3.05) is 31.1 Å². The summed E-state index contributed by atoms with van der Waals surface area (Å²) in [5.41, 5.74) is 2.13. The molecule has 0 spiro atoms. The lowest BCUT2D eigenvalue weighted by Crippen LogP contribution is -2.48. The standard InChI is InChI=1S/C18H17N3OS/c22-18(17-19-15-8-4-5-9-16(15)23-17)21-12-10-20(11-13-21)14-6-2-1-3-7-14/h1-9H,10-13H2. The first-order valence-corrected chi connectivity index (χ1v) is 8.58. The molecule has 1 fully saturated rings. The summed E-state index contributed by atoms with van der Waals surface area (Å²) < 4.78 is 1.07. The minimum atomic E-state index is 0.0545. The molecule has 1 aromatic heterocycles. The maximum Gasteiger partial charge on any atom is 0.282 e. The van der Waals surface area contributed by atoms with Crippen molar-refractivity contribution >= 4 is 33.1 Å². The smallest absolute Gasteiger partial charge is 0.282 e. The normalized spacial score (nSPS) is 15.1. The van der Waals surface area contributed by atoms with E-state index >= 15 is 0 Å². The minimum absolute atomic E-state index is 0.0545. The Balaban J connectivity index is 1.46. The number of anilines is 1. The number of nitrogens with zero attached hydrogens (tertiary/aromatic N) is 3. The van der Waals surface area contributed by atoms with E-state index in [1.807, 2.05) is 47.4 Å². The Kier molecular flexibility index (Phi) is 3.71. The third-order valence-electron chi connectivity index (χ3n) is 4.17. The number of piperazine rings is 1. The Morgan fingerprint density at radius 2 is 1.61 bits per heavy atom. The zero-order valence-electron chi connectivity index (χ0n) is 12.7. The van der Waals surface area contributed by atoms with Gasteiger partial charge in [0.15, 0.2) is 5.01 Å². The number of hydrogen-bond donors (Lipinski definition) is 0. The van der Waals surface area contributed by atoms with Crippen molar-refractivity contribution < 1.29 is 4.79 Å². The van der Waals surface area contributed by atoms with Gasteiger partial charge in [-0.15, -0.1) is 11.3 Å². The largest absolute Gasteiger partial charge is 0.368 e. The predicted molar refractivity (Wildman–Crippen MR) is 94.2 cm³/mol. The number of fused-ring (bicyclic) bond motifs is 1. The van der Waals surface area contributed by atoms with Crippen molar-refractivity contribution in [2.24, 2.45) is 0 Å². The van der Waals surface area contributed by atoms with Crippen LogP contribution in [0.15, 0.2) is 54.6 Å². The maximum absolute atomic E-state index is 12.7. The minimum Gasteiger partial charge on any atom is -0.368 e. The van der Waals surface area contributed by atoms with E-state index in [-0.39, 0.29) is 5.91 Å². The summed E-state index contributed by atoms with van der Waals surface area (Å²) in [5, 5.41) is 0.597. The summed E-state index contributed by atoms with van der Waals surface area (Å²) in [6.45, 7) is 3.20. The Bertz CT molecular complexity index is 789. The molecule has 0 bridgehead atoms.